The van der Waals surface area contributed by atoms with Crippen molar-refractivity contribution in [2.45, 2.75) is 0 Å². The van der Waals surface area contributed by atoms with Crippen LogP contribution in [0.3, 0.4) is 0 Å². The highest BCUT2D eigenvalue weighted by molar-refractivity contribution is 9.10. The molecule has 1 aromatic carbocycles. The number of carbonyl (C=O) groups excluding carboxylic acids is 1. The van der Waals surface area contributed by atoms with E-state index in [4.69, 9.17) is 23.2 Å². The van der Waals surface area contributed by atoms with Crippen molar-refractivity contribution in [3.63, 3.8) is 0 Å². The van der Waals surface area contributed by atoms with E-state index >= 15 is 0 Å². The first-order chi connectivity index (χ1) is 8.56. The molecule has 1 N–H and O–H groups in total. The van der Waals surface area contributed by atoms with Crippen molar-refractivity contribution >= 4 is 50.7 Å². The van der Waals surface area contributed by atoms with E-state index in [0.717, 1.165) is 4.47 Å². The van der Waals surface area contributed by atoms with Crippen LogP contribution in [-0.4, -0.2) is 10.9 Å². The maximum atomic E-state index is 11.9. The smallest absolute Gasteiger partial charge is 0.275 e. The molecule has 0 unspecified atom stereocenters. The van der Waals surface area contributed by atoms with E-state index in [9.17, 15) is 4.79 Å². The average molecular weight is 346 g/mol. The maximum absolute atomic E-state index is 11.9. The van der Waals surface area contributed by atoms with Gasteiger partial charge in [0.05, 0.1) is 5.02 Å². The van der Waals surface area contributed by atoms with Crippen LogP contribution in [0.1, 0.15) is 10.5 Å². The van der Waals surface area contributed by atoms with Gasteiger partial charge in [-0.25, -0.2) is 4.98 Å². The fourth-order valence-electron chi connectivity index (χ4n) is 1.30. The molecule has 0 radical (unpaired) electrons. The normalized spacial score (nSPS) is 10.2. The molecule has 3 nitrogen and oxygen atoms in total. The number of aromatic nitrogens is 1. The Morgan fingerprint density at radius 2 is 1.78 bits per heavy atom. The number of pyridine rings is 1. The Labute approximate surface area is 122 Å². The number of amides is 1. The summed E-state index contributed by atoms with van der Waals surface area (Å²) in [6, 6.07) is 10.2. The molecule has 0 fully saturated rings. The highest BCUT2D eigenvalue weighted by Crippen LogP contribution is 2.19. The fourth-order valence-corrected chi connectivity index (χ4v) is 1.90. The third-order valence-corrected chi connectivity index (χ3v) is 3.17. The van der Waals surface area contributed by atoms with Crippen LogP contribution in [0.4, 0.5) is 5.69 Å². The van der Waals surface area contributed by atoms with E-state index in [1.807, 2.05) is 12.1 Å². The van der Waals surface area contributed by atoms with Crippen LogP contribution in [-0.2, 0) is 0 Å². The Balaban J connectivity index is 2.21. The summed E-state index contributed by atoms with van der Waals surface area (Å²) in [7, 11) is 0. The van der Waals surface area contributed by atoms with Crippen molar-refractivity contribution in [2.75, 3.05) is 5.32 Å². The number of hydrogen-bond donors (Lipinski definition) is 1. The van der Waals surface area contributed by atoms with Gasteiger partial charge in [-0.2, -0.15) is 0 Å². The molecule has 1 aromatic heterocycles. The zero-order chi connectivity index (χ0) is 13.1. The molecule has 0 atom stereocenters. The summed E-state index contributed by atoms with van der Waals surface area (Å²) in [6.45, 7) is 0. The van der Waals surface area contributed by atoms with Gasteiger partial charge in [0, 0.05) is 10.2 Å². The first-order valence-corrected chi connectivity index (χ1v) is 6.50. The minimum absolute atomic E-state index is 0.104. The minimum Gasteiger partial charge on any atom is -0.321 e. The van der Waals surface area contributed by atoms with Crippen molar-refractivity contribution < 1.29 is 4.79 Å². The summed E-state index contributed by atoms with van der Waals surface area (Å²) in [6.07, 6.45) is 0. The van der Waals surface area contributed by atoms with Gasteiger partial charge in [0.15, 0.2) is 0 Å². The highest BCUT2D eigenvalue weighted by Gasteiger charge is 2.13. The zero-order valence-corrected chi connectivity index (χ0v) is 12.1. The van der Waals surface area contributed by atoms with E-state index in [-0.39, 0.29) is 15.9 Å². The van der Waals surface area contributed by atoms with E-state index in [2.05, 4.69) is 26.2 Å². The van der Waals surface area contributed by atoms with Crippen LogP contribution in [0.2, 0.25) is 10.2 Å². The lowest BCUT2D eigenvalue weighted by Crippen LogP contribution is -2.14. The van der Waals surface area contributed by atoms with Gasteiger partial charge < -0.3 is 5.32 Å². The molecule has 2 aromatic rings. The molecule has 18 heavy (non-hydrogen) atoms. The van der Waals surface area contributed by atoms with Crippen molar-refractivity contribution in [3.8, 4) is 0 Å². The van der Waals surface area contributed by atoms with E-state index < -0.39 is 5.91 Å². The Kier molecular flexibility index (Phi) is 4.22. The molecule has 6 heteroatoms. The van der Waals surface area contributed by atoms with E-state index in [1.54, 1.807) is 12.1 Å². The predicted molar refractivity (Wildman–Crippen MR) is 76.4 cm³/mol. The Bertz CT molecular complexity index is 587. The van der Waals surface area contributed by atoms with Gasteiger partial charge in [-0.05, 0) is 36.4 Å². The second-order valence-electron chi connectivity index (χ2n) is 3.43. The van der Waals surface area contributed by atoms with Crippen LogP contribution in [0.25, 0.3) is 0 Å². The lowest BCUT2D eigenvalue weighted by Gasteiger charge is -2.06. The monoisotopic (exact) mass is 344 g/mol. The fraction of sp³-hybridized carbons (Fsp3) is 0. The number of nitrogens with zero attached hydrogens (tertiary/aromatic N) is 1. The molecule has 2 rings (SSSR count). The van der Waals surface area contributed by atoms with Gasteiger partial charge in [0.1, 0.15) is 10.8 Å². The number of anilines is 1. The van der Waals surface area contributed by atoms with Gasteiger partial charge in [0.25, 0.3) is 5.91 Å². The van der Waals surface area contributed by atoms with Crippen molar-refractivity contribution in [1.82, 2.24) is 4.98 Å². The van der Waals surface area contributed by atoms with E-state index in [1.165, 1.54) is 12.1 Å². The largest absolute Gasteiger partial charge is 0.321 e. The van der Waals surface area contributed by atoms with Crippen molar-refractivity contribution in [1.29, 1.82) is 0 Å². The lowest BCUT2D eigenvalue weighted by atomic mass is 10.3. The van der Waals surface area contributed by atoms with Gasteiger partial charge in [-0.15, -0.1) is 0 Å². The van der Waals surface area contributed by atoms with Gasteiger partial charge >= 0.3 is 0 Å². The maximum Gasteiger partial charge on any atom is 0.275 e. The molecule has 0 saturated heterocycles. The van der Waals surface area contributed by atoms with Gasteiger partial charge in [0.2, 0.25) is 0 Å². The number of benzene rings is 1. The third kappa shape index (κ3) is 3.22. The number of carbonyl (C=O) groups is 1. The summed E-state index contributed by atoms with van der Waals surface area (Å²) in [5.41, 5.74) is 0.758. The van der Waals surface area contributed by atoms with Gasteiger partial charge in [-0.1, -0.05) is 39.1 Å². The van der Waals surface area contributed by atoms with Crippen LogP contribution in [0.15, 0.2) is 40.9 Å². The summed E-state index contributed by atoms with van der Waals surface area (Å²) >= 11 is 14.9. The molecule has 0 aliphatic rings. The second-order valence-corrected chi connectivity index (χ2v) is 5.14. The van der Waals surface area contributed by atoms with Crippen LogP contribution < -0.4 is 5.32 Å². The first kappa shape index (κ1) is 13.3. The molecule has 0 saturated carbocycles. The number of halogens is 3. The van der Waals surface area contributed by atoms with Crippen LogP contribution in [0, 0.1) is 0 Å². The van der Waals surface area contributed by atoms with E-state index in [0.29, 0.717) is 5.69 Å². The summed E-state index contributed by atoms with van der Waals surface area (Å²) in [5.74, 6) is -0.398. The molecule has 0 aliphatic heterocycles. The number of rotatable bonds is 2. The summed E-state index contributed by atoms with van der Waals surface area (Å²) in [4.78, 5) is 15.8. The topological polar surface area (TPSA) is 42.0 Å². The quantitative estimate of drug-likeness (QED) is 0.819. The summed E-state index contributed by atoms with van der Waals surface area (Å²) < 4.78 is 0.930. The average Bonchev–Trinajstić information content (AvgIpc) is 2.35. The molecule has 0 spiro atoms. The van der Waals surface area contributed by atoms with Gasteiger partial charge in [-0.3, -0.25) is 4.79 Å². The molecular weight excluding hydrogens is 339 g/mol. The summed E-state index contributed by atoms with van der Waals surface area (Å²) in [5, 5.41) is 3.17. The molecular formula is C12H7BrCl2N2O. The third-order valence-electron chi connectivity index (χ3n) is 2.13. The minimum atomic E-state index is -0.398. The Morgan fingerprint density at radius 3 is 2.44 bits per heavy atom. The molecule has 92 valence electrons. The van der Waals surface area contributed by atoms with Crippen LogP contribution >= 0.6 is 39.1 Å². The lowest BCUT2D eigenvalue weighted by molar-refractivity contribution is 0.102. The zero-order valence-electron chi connectivity index (χ0n) is 8.95. The predicted octanol–water partition coefficient (Wildman–Crippen LogP) is 4.40. The molecule has 1 amide bonds. The SMILES string of the molecule is O=C(Nc1ccc(Br)cc1)c1nc(Cl)ccc1Cl. The number of hydrogen-bond acceptors (Lipinski definition) is 2. The van der Waals surface area contributed by atoms with Crippen molar-refractivity contribution in [2.24, 2.45) is 0 Å². The standard InChI is InChI=1S/C12H7BrCl2N2O/c13-7-1-3-8(4-2-7)16-12(18)11-9(14)5-6-10(15)17-11/h1-6H,(H,16,18). The second kappa shape index (κ2) is 5.69. The number of nitrogens with one attached hydrogen (secondary N) is 1. The van der Waals surface area contributed by atoms with Crippen LogP contribution in [0.5, 0.6) is 0 Å². The molecule has 0 aliphatic carbocycles. The first-order valence-electron chi connectivity index (χ1n) is 4.95. The van der Waals surface area contributed by atoms with Crippen molar-refractivity contribution in [3.05, 3.63) is 56.7 Å². The Morgan fingerprint density at radius 1 is 1.11 bits per heavy atom. The molecule has 1 heterocycles. The Hall–Kier alpha value is -1.10. The highest BCUT2D eigenvalue weighted by atomic mass is 79.9. The molecule has 0 bridgehead atoms.